The summed E-state index contributed by atoms with van der Waals surface area (Å²) in [6, 6.07) is 12.9. The van der Waals surface area contributed by atoms with Crippen LogP contribution in [0, 0.1) is 0 Å². The average molecular weight is 492 g/mol. The van der Waals surface area contributed by atoms with Gasteiger partial charge in [0.1, 0.15) is 17.9 Å². The van der Waals surface area contributed by atoms with E-state index in [1.54, 1.807) is 42.5 Å². The Bertz CT molecular complexity index is 1430. The predicted octanol–water partition coefficient (Wildman–Crippen LogP) is 2.47. The Balaban J connectivity index is 1.53. The molecule has 3 aromatic rings. The van der Waals surface area contributed by atoms with Crippen molar-refractivity contribution in [3.05, 3.63) is 70.1 Å². The number of hydrogen-bond donors (Lipinski definition) is 0. The fourth-order valence-corrected chi connectivity index (χ4v) is 4.95. The van der Waals surface area contributed by atoms with E-state index in [9.17, 15) is 19.2 Å². The smallest absolute Gasteiger partial charge is 0.354 e. The number of ether oxygens (including phenoxy) is 3. The number of methoxy groups -OCH3 is 2. The third-order valence-electron chi connectivity index (χ3n) is 6.62. The molecule has 1 fully saturated rings. The number of esters is 1. The first-order valence-corrected chi connectivity index (χ1v) is 11.4. The van der Waals surface area contributed by atoms with E-state index in [-0.39, 0.29) is 50.0 Å². The lowest BCUT2D eigenvalue weighted by Gasteiger charge is -2.48. The molecule has 0 bridgehead atoms. The van der Waals surface area contributed by atoms with Gasteiger partial charge >= 0.3 is 11.6 Å². The molecule has 2 aromatic carbocycles. The largest absolute Gasteiger partial charge is 0.497 e. The second-order valence-corrected chi connectivity index (χ2v) is 8.54. The summed E-state index contributed by atoms with van der Waals surface area (Å²) in [7, 11) is 2.99. The maximum absolute atomic E-state index is 13.8. The van der Waals surface area contributed by atoms with E-state index in [0.29, 0.717) is 28.0 Å². The van der Waals surface area contributed by atoms with E-state index >= 15 is 0 Å². The first kappa shape index (κ1) is 23.6. The van der Waals surface area contributed by atoms with Crippen LogP contribution >= 0.6 is 0 Å². The van der Waals surface area contributed by atoms with Gasteiger partial charge in [-0.1, -0.05) is 12.1 Å². The molecule has 10 nitrogen and oxygen atoms in total. The lowest BCUT2D eigenvalue weighted by Crippen LogP contribution is -2.68. The van der Waals surface area contributed by atoms with Gasteiger partial charge in [-0.05, 0) is 24.3 Å². The van der Waals surface area contributed by atoms with E-state index in [0.717, 1.165) is 0 Å². The Labute approximate surface area is 205 Å². The summed E-state index contributed by atoms with van der Waals surface area (Å²) in [4.78, 5) is 55.2. The third kappa shape index (κ3) is 3.61. The van der Waals surface area contributed by atoms with Gasteiger partial charge in [0.15, 0.2) is 0 Å². The second-order valence-electron chi connectivity index (χ2n) is 8.54. The molecule has 0 spiro atoms. The van der Waals surface area contributed by atoms with E-state index in [1.165, 1.54) is 30.1 Å². The molecule has 186 valence electrons. The van der Waals surface area contributed by atoms with Crippen LogP contribution in [0.4, 0.5) is 5.69 Å². The maximum atomic E-state index is 13.8. The molecule has 2 amide bonds. The van der Waals surface area contributed by atoms with Crippen molar-refractivity contribution >= 4 is 34.4 Å². The summed E-state index contributed by atoms with van der Waals surface area (Å²) in [6.45, 7) is -0.0115. The normalized spacial score (nSPS) is 18.8. The Morgan fingerprint density at radius 2 is 1.89 bits per heavy atom. The quantitative estimate of drug-likeness (QED) is 0.365. The van der Waals surface area contributed by atoms with Crippen LogP contribution in [-0.4, -0.2) is 55.7 Å². The minimum absolute atomic E-state index is 0.0673. The monoisotopic (exact) mass is 492 g/mol. The molecule has 3 heterocycles. The molecule has 0 aliphatic carbocycles. The molecule has 0 radical (unpaired) electrons. The maximum Gasteiger partial charge on any atom is 0.354 e. The van der Waals surface area contributed by atoms with Crippen LogP contribution < -0.4 is 15.3 Å². The van der Waals surface area contributed by atoms with Crippen molar-refractivity contribution in [3.8, 4) is 5.75 Å². The molecule has 0 N–H and O–H groups in total. The zero-order chi connectivity index (χ0) is 25.4. The van der Waals surface area contributed by atoms with Crippen LogP contribution in [0.1, 0.15) is 28.8 Å². The summed E-state index contributed by atoms with van der Waals surface area (Å²) in [5.41, 5.74) is -0.857. The predicted molar refractivity (Wildman–Crippen MR) is 128 cm³/mol. The van der Waals surface area contributed by atoms with Crippen molar-refractivity contribution in [1.82, 2.24) is 4.90 Å². The number of benzene rings is 2. The number of fused-ring (bicyclic) bond motifs is 4. The summed E-state index contributed by atoms with van der Waals surface area (Å²) < 4.78 is 21.4. The van der Waals surface area contributed by atoms with Crippen LogP contribution in [0.15, 0.2) is 57.7 Å². The number of para-hydroxylation sites is 1. The van der Waals surface area contributed by atoms with Crippen LogP contribution in [0.3, 0.4) is 0 Å². The number of amides is 2. The lowest BCUT2D eigenvalue weighted by molar-refractivity contribution is -0.159. The number of hydrogen-bond acceptors (Lipinski definition) is 8. The Morgan fingerprint density at radius 3 is 2.67 bits per heavy atom. The number of rotatable bonds is 7. The number of nitrogens with zero attached hydrogens (tertiary/aromatic N) is 2. The fourth-order valence-electron chi connectivity index (χ4n) is 4.95. The van der Waals surface area contributed by atoms with Crippen molar-refractivity contribution in [3.63, 3.8) is 0 Å². The summed E-state index contributed by atoms with van der Waals surface area (Å²) >= 11 is 0. The van der Waals surface area contributed by atoms with Crippen molar-refractivity contribution in [2.24, 2.45) is 0 Å². The van der Waals surface area contributed by atoms with Gasteiger partial charge in [0.05, 0.1) is 25.0 Å². The number of anilines is 1. The van der Waals surface area contributed by atoms with Crippen LogP contribution in [-0.2, 0) is 25.7 Å². The average Bonchev–Trinajstić information content (AvgIpc) is 3.24. The molecule has 1 atom stereocenters. The highest BCUT2D eigenvalue weighted by Crippen LogP contribution is 2.45. The Morgan fingerprint density at radius 1 is 1.08 bits per heavy atom. The van der Waals surface area contributed by atoms with Crippen LogP contribution in [0.5, 0.6) is 5.75 Å². The molecule has 1 saturated heterocycles. The van der Waals surface area contributed by atoms with Crippen molar-refractivity contribution < 1.29 is 33.0 Å². The van der Waals surface area contributed by atoms with Crippen molar-refractivity contribution in [2.45, 2.75) is 25.1 Å². The number of carbonyl (C=O) groups excluding carboxylic acids is 3. The van der Waals surface area contributed by atoms with Crippen LogP contribution in [0.2, 0.25) is 0 Å². The van der Waals surface area contributed by atoms with Crippen LogP contribution in [0.25, 0.3) is 11.0 Å². The first-order chi connectivity index (χ1) is 17.4. The molecule has 0 unspecified atom stereocenters. The molecule has 36 heavy (non-hydrogen) atoms. The molecule has 10 heteroatoms. The topological polar surface area (TPSA) is 116 Å². The summed E-state index contributed by atoms with van der Waals surface area (Å²) in [5.74, 6) is -0.926. The fraction of sp³-hybridized carbons (Fsp3) is 0.308. The van der Waals surface area contributed by atoms with Gasteiger partial charge in [0.2, 0.25) is 11.6 Å². The molecule has 2 aliphatic rings. The third-order valence-corrected chi connectivity index (χ3v) is 6.62. The van der Waals surface area contributed by atoms with Gasteiger partial charge in [0.25, 0.3) is 5.91 Å². The molecular weight excluding hydrogens is 468 g/mol. The molecular formula is C26H24N2O8. The minimum Gasteiger partial charge on any atom is -0.497 e. The SMILES string of the molecule is COCCN1C(=O)c2ccccc2N2C(=O)CC[C@]12C(=O)OCc1cc(=O)oc2cc(OC)ccc12. The standard InChI is InChI=1S/C26H24N2O8/c1-33-12-11-27-24(31)19-5-3-4-6-20(19)28-22(29)9-10-26(27,28)25(32)35-15-16-13-23(30)36-21-14-17(34-2)7-8-18(16)21/h3-8,13-14H,9-12,15H2,1-2H3/t26-/m0/s1. The second kappa shape index (κ2) is 9.12. The van der Waals surface area contributed by atoms with Gasteiger partial charge in [-0.3, -0.25) is 14.5 Å². The van der Waals surface area contributed by atoms with Gasteiger partial charge in [-0.2, -0.15) is 0 Å². The van der Waals surface area contributed by atoms with E-state index < -0.39 is 17.3 Å². The first-order valence-electron chi connectivity index (χ1n) is 11.4. The van der Waals surface area contributed by atoms with Crippen molar-refractivity contribution in [1.29, 1.82) is 0 Å². The highest BCUT2D eigenvalue weighted by Gasteiger charge is 2.61. The van der Waals surface area contributed by atoms with E-state index in [2.05, 4.69) is 0 Å². The van der Waals surface area contributed by atoms with E-state index in [1.807, 2.05) is 0 Å². The minimum atomic E-state index is -1.65. The van der Waals surface area contributed by atoms with Gasteiger partial charge < -0.3 is 23.5 Å². The Hall–Kier alpha value is -4.18. The van der Waals surface area contributed by atoms with Gasteiger partial charge in [-0.25, -0.2) is 9.59 Å². The van der Waals surface area contributed by atoms with Gasteiger partial charge in [-0.15, -0.1) is 0 Å². The summed E-state index contributed by atoms with van der Waals surface area (Å²) in [5, 5.41) is 0.571. The molecule has 2 aliphatic heterocycles. The van der Waals surface area contributed by atoms with Crippen molar-refractivity contribution in [2.75, 3.05) is 32.3 Å². The molecule has 5 rings (SSSR count). The Kier molecular flexibility index (Phi) is 5.97. The zero-order valence-corrected chi connectivity index (χ0v) is 19.8. The summed E-state index contributed by atoms with van der Waals surface area (Å²) in [6.07, 6.45) is 0.140. The zero-order valence-electron chi connectivity index (χ0n) is 19.8. The van der Waals surface area contributed by atoms with Gasteiger partial charge in [0, 0.05) is 49.6 Å². The highest BCUT2D eigenvalue weighted by atomic mass is 16.5. The molecule has 1 aromatic heterocycles. The molecule has 0 saturated carbocycles. The highest BCUT2D eigenvalue weighted by molar-refractivity contribution is 6.15. The lowest BCUT2D eigenvalue weighted by atomic mass is 9.96. The number of carbonyl (C=O) groups is 3. The van der Waals surface area contributed by atoms with E-state index in [4.69, 9.17) is 18.6 Å².